The van der Waals surface area contributed by atoms with Gasteiger partial charge >= 0.3 is 6.18 Å². The molecule has 0 aliphatic rings. The lowest BCUT2D eigenvalue weighted by Gasteiger charge is -2.11. The summed E-state index contributed by atoms with van der Waals surface area (Å²) in [6.45, 7) is 0. The fraction of sp³-hybridized carbons (Fsp3) is 0.133. The number of hydrazine groups is 1. The van der Waals surface area contributed by atoms with Gasteiger partial charge in [-0.15, -0.1) is 0 Å². The van der Waals surface area contributed by atoms with Crippen LogP contribution >= 0.6 is 0 Å². The highest BCUT2D eigenvalue weighted by Gasteiger charge is 2.30. The van der Waals surface area contributed by atoms with Crippen molar-refractivity contribution in [2.45, 2.75) is 11.1 Å². The van der Waals surface area contributed by atoms with Gasteiger partial charge in [0.1, 0.15) is 0 Å². The Labute approximate surface area is 136 Å². The molecule has 2 rings (SSSR count). The largest absolute Gasteiger partial charge is 0.416 e. The van der Waals surface area contributed by atoms with Crippen molar-refractivity contribution in [3.05, 3.63) is 59.7 Å². The molecule has 2 aromatic carbocycles. The Morgan fingerprint density at radius 2 is 1.67 bits per heavy atom. The van der Waals surface area contributed by atoms with E-state index < -0.39 is 27.5 Å². The second kappa shape index (κ2) is 6.52. The summed E-state index contributed by atoms with van der Waals surface area (Å²) < 4.78 is 60.5. The Kier molecular flexibility index (Phi) is 4.83. The highest BCUT2D eigenvalue weighted by Crippen LogP contribution is 2.30. The molecule has 0 saturated heterocycles. The van der Waals surface area contributed by atoms with Gasteiger partial charge in [-0.05, 0) is 42.5 Å². The Bertz CT molecular complexity index is 847. The number of nitrogens with one attached hydrogen (secondary N) is 2. The summed E-state index contributed by atoms with van der Waals surface area (Å²) in [5.74, 6) is -0.618. The SMILES string of the molecule is CS(=O)(=O)c1ccc(C(=O)NNc2cccc(C(F)(F)F)c2)cc1. The Hall–Kier alpha value is -2.55. The molecule has 0 aliphatic carbocycles. The fourth-order valence-electron chi connectivity index (χ4n) is 1.83. The van der Waals surface area contributed by atoms with Crippen LogP contribution in [0.5, 0.6) is 0 Å². The van der Waals surface area contributed by atoms with Crippen LogP contribution in [0.15, 0.2) is 53.4 Å². The van der Waals surface area contributed by atoms with Crippen LogP contribution in [-0.2, 0) is 16.0 Å². The predicted octanol–water partition coefficient (Wildman–Crippen LogP) is 2.87. The Morgan fingerprint density at radius 3 is 2.21 bits per heavy atom. The molecule has 128 valence electrons. The monoisotopic (exact) mass is 358 g/mol. The number of halogens is 3. The number of rotatable bonds is 4. The topological polar surface area (TPSA) is 75.3 Å². The number of hydrogen-bond acceptors (Lipinski definition) is 4. The number of hydrogen-bond donors (Lipinski definition) is 2. The van der Waals surface area contributed by atoms with Gasteiger partial charge in [-0.2, -0.15) is 13.2 Å². The molecule has 1 amide bonds. The average molecular weight is 358 g/mol. The van der Waals surface area contributed by atoms with Crippen LogP contribution < -0.4 is 10.9 Å². The van der Waals surface area contributed by atoms with Crippen molar-refractivity contribution >= 4 is 21.4 Å². The summed E-state index contributed by atoms with van der Waals surface area (Å²) in [6, 6.07) is 9.49. The minimum atomic E-state index is -4.48. The third-order valence-electron chi connectivity index (χ3n) is 3.05. The summed E-state index contributed by atoms with van der Waals surface area (Å²) in [7, 11) is -3.37. The molecule has 2 aromatic rings. The molecular weight excluding hydrogens is 345 g/mol. The molecule has 2 N–H and O–H groups in total. The van der Waals surface area contributed by atoms with Crippen LogP contribution in [0.3, 0.4) is 0 Å². The van der Waals surface area contributed by atoms with Gasteiger partial charge in [-0.3, -0.25) is 15.6 Å². The van der Waals surface area contributed by atoms with Gasteiger partial charge in [-0.25, -0.2) is 8.42 Å². The van der Waals surface area contributed by atoms with Crippen LogP contribution in [-0.4, -0.2) is 20.6 Å². The maximum atomic E-state index is 12.6. The van der Waals surface area contributed by atoms with Gasteiger partial charge in [-0.1, -0.05) is 6.07 Å². The first-order valence-electron chi connectivity index (χ1n) is 6.61. The van der Waals surface area contributed by atoms with Gasteiger partial charge in [0, 0.05) is 11.8 Å². The van der Waals surface area contributed by atoms with Gasteiger partial charge in [0.15, 0.2) is 9.84 Å². The van der Waals surface area contributed by atoms with E-state index in [1.807, 2.05) is 0 Å². The molecule has 0 saturated carbocycles. The summed E-state index contributed by atoms with van der Waals surface area (Å²) in [5, 5.41) is 0. The normalized spacial score (nSPS) is 11.8. The van der Waals surface area contributed by atoms with E-state index in [2.05, 4.69) is 10.9 Å². The molecule has 0 atom stereocenters. The predicted molar refractivity (Wildman–Crippen MR) is 82.1 cm³/mol. The number of carbonyl (C=O) groups excluding carboxylic acids is 1. The Balaban J connectivity index is 2.06. The lowest BCUT2D eigenvalue weighted by molar-refractivity contribution is -0.137. The third-order valence-corrected chi connectivity index (χ3v) is 4.18. The highest BCUT2D eigenvalue weighted by molar-refractivity contribution is 7.90. The molecule has 0 radical (unpaired) electrons. The number of alkyl halides is 3. The molecule has 0 bridgehead atoms. The first kappa shape index (κ1) is 17.8. The van der Waals surface area contributed by atoms with E-state index in [1.54, 1.807) is 0 Å². The fourth-order valence-corrected chi connectivity index (χ4v) is 2.46. The number of sulfone groups is 1. The van der Waals surface area contributed by atoms with E-state index in [-0.39, 0.29) is 16.1 Å². The third kappa shape index (κ3) is 4.48. The lowest BCUT2D eigenvalue weighted by Crippen LogP contribution is -2.29. The van der Waals surface area contributed by atoms with Crippen molar-refractivity contribution in [1.82, 2.24) is 5.43 Å². The summed E-state index contributed by atoms with van der Waals surface area (Å²) >= 11 is 0. The number of carbonyl (C=O) groups is 1. The molecule has 5 nitrogen and oxygen atoms in total. The first-order chi connectivity index (χ1) is 11.1. The van der Waals surface area contributed by atoms with Crippen LogP contribution in [0.25, 0.3) is 0 Å². The van der Waals surface area contributed by atoms with E-state index in [1.165, 1.54) is 36.4 Å². The second-order valence-electron chi connectivity index (χ2n) is 4.95. The van der Waals surface area contributed by atoms with Gasteiger partial charge in [0.25, 0.3) is 5.91 Å². The van der Waals surface area contributed by atoms with Crippen LogP contribution in [0.2, 0.25) is 0 Å². The summed E-state index contributed by atoms with van der Waals surface area (Å²) in [6.07, 6.45) is -3.44. The zero-order valence-corrected chi connectivity index (χ0v) is 13.2. The van der Waals surface area contributed by atoms with E-state index in [0.29, 0.717) is 0 Å². The van der Waals surface area contributed by atoms with Gasteiger partial charge in [0.05, 0.1) is 16.1 Å². The maximum absolute atomic E-state index is 12.6. The number of amides is 1. The van der Waals surface area contributed by atoms with Crippen molar-refractivity contribution in [3.63, 3.8) is 0 Å². The van der Waals surface area contributed by atoms with Gasteiger partial charge in [0.2, 0.25) is 0 Å². The van der Waals surface area contributed by atoms with E-state index in [4.69, 9.17) is 0 Å². The molecule has 0 unspecified atom stereocenters. The van der Waals surface area contributed by atoms with Gasteiger partial charge < -0.3 is 0 Å². The highest BCUT2D eigenvalue weighted by atomic mass is 32.2. The van der Waals surface area contributed by atoms with E-state index >= 15 is 0 Å². The molecule has 0 heterocycles. The molecule has 0 spiro atoms. The maximum Gasteiger partial charge on any atom is 0.416 e. The van der Waals surface area contributed by atoms with Crippen molar-refractivity contribution in [2.24, 2.45) is 0 Å². The quantitative estimate of drug-likeness (QED) is 0.824. The molecule has 0 aromatic heterocycles. The van der Waals surface area contributed by atoms with Crippen molar-refractivity contribution in [1.29, 1.82) is 0 Å². The zero-order valence-electron chi connectivity index (χ0n) is 12.4. The number of benzene rings is 2. The number of anilines is 1. The average Bonchev–Trinajstić information content (AvgIpc) is 2.51. The Morgan fingerprint density at radius 1 is 1.04 bits per heavy atom. The lowest BCUT2D eigenvalue weighted by atomic mass is 10.2. The molecule has 0 fully saturated rings. The van der Waals surface area contributed by atoms with E-state index in [0.717, 1.165) is 18.4 Å². The van der Waals surface area contributed by atoms with Crippen LogP contribution in [0, 0.1) is 0 Å². The minimum Gasteiger partial charge on any atom is -0.298 e. The van der Waals surface area contributed by atoms with Crippen molar-refractivity contribution in [3.8, 4) is 0 Å². The van der Waals surface area contributed by atoms with Crippen molar-refractivity contribution < 1.29 is 26.4 Å². The standard InChI is InChI=1S/C15H13F3N2O3S/c1-24(22,23)13-7-5-10(6-8-13)14(21)20-19-12-4-2-3-11(9-12)15(16,17)18/h2-9,19H,1H3,(H,20,21). The molecule has 9 heteroatoms. The second-order valence-corrected chi connectivity index (χ2v) is 6.97. The smallest absolute Gasteiger partial charge is 0.298 e. The van der Waals surface area contributed by atoms with Crippen molar-refractivity contribution in [2.75, 3.05) is 11.7 Å². The van der Waals surface area contributed by atoms with E-state index in [9.17, 15) is 26.4 Å². The molecular formula is C15H13F3N2O3S. The summed E-state index contributed by atoms with van der Waals surface area (Å²) in [5.41, 5.74) is 4.00. The van der Waals surface area contributed by atoms with Crippen LogP contribution in [0.1, 0.15) is 15.9 Å². The molecule has 24 heavy (non-hydrogen) atoms. The molecule has 0 aliphatic heterocycles. The summed E-state index contributed by atoms with van der Waals surface area (Å²) in [4.78, 5) is 12.0. The first-order valence-corrected chi connectivity index (χ1v) is 8.50. The van der Waals surface area contributed by atoms with Crippen LogP contribution in [0.4, 0.5) is 18.9 Å². The zero-order chi connectivity index (χ0) is 18.0. The minimum absolute atomic E-state index is 0.0601.